The molecule has 0 saturated carbocycles. The van der Waals surface area contributed by atoms with Gasteiger partial charge in [0.05, 0.1) is 13.2 Å². The molecule has 14 heavy (non-hydrogen) atoms. The van der Waals surface area contributed by atoms with Gasteiger partial charge in [0.2, 0.25) is 0 Å². The van der Waals surface area contributed by atoms with E-state index in [0.717, 1.165) is 4.47 Å². The smallest absolute Gasteiger partial charge is 0.0727 e. The molecule has 1 nitrogen and oxygen atoms in total. The van der Waals surface area contributed by atoms with Crippen molar-refractivity contribution in [1.29, 1.82) is 0 Å². The molecule has 0 spiro atoms. The summed E-state index contributed by atoms with van der Waals surface area (Å²) in [5, 5.41) is 0. The number of alkyl halides is 1. The Morgan fingerprint density at radius 1 is 1.43 bits per heavy atom. The maximum Gasteiger partial charge on any atom is 0.0727 e. The fourth-order valence-corrected chi connectivity index (χ4v) is 1.52. The lowest BCUT2D eigenvalue weighted by molar-refractivity contribution is 0.0976. The van der Waals surface area contributed by atoms with Crippen LogP contribution in [0.4, 0.5) is 0 Å². The molecule has 0 radical (unpaired) electrons. The first kappa shape index (κ1) is 12.0. The molecule has 1 rings (SSSR count). The average molecular weight is 278 g/mol. The first-order valence-corrected chi connectivity index (χ1v) is 5.94. The molecule has 0 N–H and O–H groups in total. The van der Waals surface area contributed by atoms with Gasteiger partial charge < -0.3 is 4.74 Å². The van der Waals surface area contributed by atoms with Crippen LogP contribution in [0.25, 0.3) is 0 Å². The molecule has 0 aliphatic heterocycles. The summed E-state index contributed by atoms with van der Waals surface area (Å²) in [5.41, 5.74) is 1.18. The van der Waals surface area contributed by atoms with E-state index in [1.54, 1.807) is 0 Å². The molecule has 1 atom stereocenters. The van der Waals surface area contributed by atoms with Crippen LogP contribution in [-0.2, 0) is 11.3 Å². The predicted octanol–water partition coefficient (Wildman–Crippen LogP) is 3.84. The van der Waals surface area contributed by atoms with Crippen LogP contribution in [0.1, 0.15) is 12.5 Å². The molecule has 78 valence electrons. The summed E-state index contributed by atoms with van der Waals surface area (Å²) in [6.07, 6.45) is 0. The molecular weight excluding hydrogens is 263 g/mol. The van der Waals surface area contributed by atoms with Gasteiger partial charge in [-0.25, -0.2) is 0 Å². The van der Waals surface area contributed by atoms with Crippen molar-refractivity contribution in [2.45, 2.75) is 13.5 Å². The summed E-state index contributed by atoms with van der Waals surface area (Å²) >= 11 is 9.15. The molecule has 0 saturated heterocycles. The van der Waals surface area contributed by atoms with Crippen molar-refractivity contribution in [3.05, 3.63) is 34.3 Å². The molecular formula is C11H14BrClO. The van der Waals surface area contributed by atoms with Gasteiger partial charge >= 0.3 is 0 Å². The molecule has 1 aromatic carbocycles. The Bertz CT molecular complexity index is 278. The second-order valence-corrected chi connectivity index (χ2v) is 4.53. The van der Waals surface area contributed by atoms with E-state index in [2.05, 4.69) is 28.9 Å². The Morgan fingerprint density at radius 2 is 2.14 bits per heavy atom. The lowest BCUT2D eigenvalue weighted by Gasteiger charge is -2.09. The maximum absolute atomic E-state index is 5.68. The third-order valence-corrected chi connectivity index (χ3v) is 3.18. The molecule has 0 aliphatic carbocycles. The van der Waals surface area contributed by atoms with Crippen LogP contribution in [-0.4, -0.2) is 12.5 Å². The quantitative estimate of drug-likeness (QED) is 0.743. The highest BCUT2D eigenvalue weighted by molar-refractivity contribution is 9.10. The van der Waals surface area contributed by atoms with Crippen molar-refractivity contribution in [3.63, 3.8) is 0 Å². The molecule has 3 heteroatoms. The van der Waals surface area contributed by atoms with E-state index in [-0.39, 0.29) is 0 Å². The van der Waals surface area contributed by atoms with Crippen LogP contribution in [0.2, 0.25) is 0 Å². The van der Waals surface area contributed by atoms with E-state index in [1.165, 1.54) is 5.56 Å². The molecule has 0 aromatic heterocycles. The molecule has 1 aromatic rings. The van der Waals surface area contributed by atoms with Gasteiger partial charge in [-0.1, -0.05) is 41.1 Å². The van der Waals surface area contributed by atoms with E-state index >= 15 is 0 Å². The zero-order valence-corrected chi connectivity index (χ0v) is 10.5. The van der Waals surface area contributed by atoms with Gasteiger partial charge in [-0.3, -0.25) is 0 Å². The minimum Gasteiger partial charge on any atom is -0.376 e. The summed E-state index contributed by atoms with van der Waals surface area (Å²) < 4.78 is 6.63. The highest BCUT2D eigenvalue weighted by atomic mass is 79.9. The van der Waals surface area contributed by atoms with Gasteiger partial charge in [0.25, 0.3) is 0 Å². The summed E-state index contributed by atoms with van der Waals surface area (Å²) in [6.45, 7) is 3.43. The summed E-state index contributed by atoms with van der Waals surface area (Å²) in [4.78, 5) is 0. The largest absolute Gasteiger partial charge is 0.376 e. The Labute approximate surface area is 98.5 Å². The highest BCUT2D eigenvalue weighted by Crippen LogP contribution is 2.16. The average Bonchev–Trinajstić information content (AvgIpc) is 2.20. The summed E-state index contributed by atoms with van der Waals surface area (Å²) in [5.74, 6) is 1.06. The predicted molar refractivity (Wildman–Crippen MR) is 63.7 cm³/mol. The topological polar surface area (TPSA) is 9.23 Å². The number of halogens is 2. The van der Waals surface area contributed by atoms with Crippen LogP contribution >= 0.6 is 27.5 Å². The van der Waals surface area contributed by atoms with Crippen molar-refractivity contribution >= 4 is 27.5 Å². The zero-order chi connectivity index (χ0) is 10.4. The number of benzene rings is 1. The Morgan fingerprint density at radius 3 is 2.79 bits per heavy atom. The van der Waals surface area contributed by atoms with Crippen molar-refractivity contribution in [2.24, 2.45) is 5.92 Å². The van der Waals surface area contributed by atoms with E-state index in [1.807, 2.05) is 18.2 Å². The summed E-state index contributed by atoms with van der Waals surface area (Å²) in [7, 11) is 0. The number of hydrogen-bond acceptors (Lipinski definition) is 1. The Balaban J connectivity index is 2.35. The monoisotopic (exact) mass is 276 g/mol. The van der Waals surface area contributed by atoms with Crippen molar-refractivity contribution in [3.8, 4) is 0 Å². The number of hydrogen-bond donors (Lipinski definition) is 0. The van der Waals surface area contributed by atoms with E-state index in [0.29, 0.717) is 25.0 Å². The zero-order valence-electron chi connectivity index (χ0n) is 8.17. The van der Waals surface area contributed by atoms with E-state index in [9.17, 15) is 0 Å². The van der Waals surface area contributed by atoms with Gasteiger partial charge in [-0.2, -0.15) is 0 Å². The third-order valence-electron chi connectivity index (χ3n) is 1.88. The van der Waals surface area contributed by atoms with Crippen molar-refractivity contribution in [1.82, 2.24) is 0 Å². The van der Waals surface area contributed by atoms with Crippen LogP contribution in [0.5, 0.6) is 0 Å². The number of rotatable bonds is 5. The fraction of sp³-hybridized carbons (Fsp3) is 0.455. The normalized spacial score (nSPS) is 12.8. The minimum absolute atomic E-state index is 0.416. The van der Waals surface area contributed by atoms with Crippen molar-refractivity contribution < 1.29 is 4.74 Å². The summed E-state index contributed by atoms with van der Waals surface area (Å²) in [6, 6.07) is 8.07. The maximum atomic E-state index is 5.68. The van der Waals surface area contributed by atoms with Crippen LogP contribution in [0.3, 0.4) is 0 Å². The Kier molecular flexibility index (Phi) is 5.53. The molecule has 0 bridgehead atoms. The third kappa shape index (κ3) is 3.99. The molecule has 1 unspecified atom stereocenters. The van der Waals surface area contributed by atoms with Crippen LogP contribution in [0.15, 0.2) is 28.7 Å². The SMILES string of the molecule is CC(CCl)COCc1ccccc1Br. The van der Waals surface area contributed by atoms with Crippen LogP contribution in [0, 0.1) is 5.92 Å². The lowest BCUT2D eigenvalue weighted by atomic mass is 10.2. The fourth-order valence-electron chi connectivity index (χ4n) is 1.03. The van der Waals surface area contributed by atoms with Gasteiger partial charge in [0.15, 0.2) is 0 Å². The molecule has 0 heterocycles. The van der Waals surface area contributed by atoms with E-state index in [4.69, 9.17) is 16.3 Å². The second-order valence-electron chi connectivity index (χ2n) is 3.37. The molecule has 0 amide bonds. The minimum atomic E-state index is 0.416. The van der Waals surface area contributed by atoms with E-state index < -0.39 is 0 Å². The standard InChI is InChI=1S/C11H14BrClO/c1-9(6-13)7-14-8-10-4-2-3-5-11(10)12/h2-5,9H,6-8H2,1H3. The van der Waals surface area contributed by atoms with Crippen LogP contribution < -0.4 is 0 Å². The van der Waals surface area contributed by atoms with Gasteiger partial charge in [-0.05, 0) is 17.5 Å². The van der Waals surface area contributed by atoms with Gasteiger partial charge in [0, 0.05) is 10.4 Å². The first-order valence-electron chi connectivity index (χ1n) is 4.61. The lowest BCUT2D eigenvalue weighted by Crippen LogP contribution is -2.07. The Hall–Kier alpha value is -0.0500. The van der Waals surface area contributed by atoms with Gasteiger partial charge in [0.1, 0.15) is 0 Å². The number of ether oxygens (including phenoxy) is 1. The van der Waals surface area contributed by atoms with Gasteiger partial charge in [-0.15, -0.1) is 11.6 Å². The molecule has 0 aliphatic rings. The molecule has 0 fully saturated rings. The first-order chi connectivity index (χ1) is 6.74. The van der Waals surface area contributed by atoms with Crippen molar-refractivity contribution in [2.75, 3.05) is 12.5 Å². The second kappa shape index (κ2) is 6.44. The highest BCUT2D eigenvalue weighted by Gasteiger charge is 2.01.